The molecule has 4 nitrogen and oxygen atoms in total. The molecule has 0 aliphatic rings. The summed E-state index contributed by atoms with van der Waals surface area (Å²) in [7, 11) is 0. The Bertz CT molecular complexity index is 574. The number of rotatable bonds is 1. The molecule has 0 aliphatic heterocycles. The molecule has 0 atom stereocenters. The van der Waals surface area contributed by atoms with Gasteiger partial charge in [0.25, 0.3) is 0 Å². The van der Waals surface area contributed by atoms with Crippen LogP contribution in [-0.2, 0) is 20.1 Å². The van der Waals surface area contributed by atoms with E-state index in [-0.39, 0.29) is 20.1 Å². The second-order valence-electron chi connectivity index (χ2n) is 2.80. The van der Waals surface area contributed by atoms with Gasteiger partial charge in [-0.3, -0.25) is 9.53 Å². The largest absolute Gasteiger partial charge is 0.266 e. The van der Waals surface area contributed by atoms with Gasteiger partial charge in [-0.05, 0) is 6.07 Å². The number of hydrogen-bond acceptors (Lipinski definition) is 2. The summed E-state index contributed by atoms with van der Waals surface area (Å²) in [4.78, 5) is 3.31. The van der Waals surface area contributed by atoms with Crippen molar-refractivity contribution in [2.24, 2.45) is 0 Å². The monoisotopic (exact) mass is 386 g/mol. The number of hydrogen-bond donors (Lipinski definition) is 0. The van der Waals surface area contributed by atoms with Crippen molar-refractivity contribution in [1.29, 1.82) is 5.26 Å². The molecule has 1 aromatic carbocycles. The van der Waals surface area contributed by atoms with Crippen LogP contribution >= 0.6 is 0 Å². The first-order valence-corrected chi connectivity index (χ1v) is 4.19. The van der Waals surface area contributed by atoms with Gasteiger partial charge in [-0.1, -0.05) is 5.69 Å². The van der Waals surface area contributed by atoms with Gasteiger partial charge in [0.2, 0.25) is 0 Å². The average molecular weight is 385 g/mol. The molecular weight excluding hydrogens is 380 g/mol. The number of aromatic nitrogens is 2. The van der Waals surface area contributed by atoms with Crippen molar-refractivity contribution in [3.8, 4) is 11.8 Å². The SMILES string of the molecule is [C-]#[N+]c1cc[c-]c(-n2ccc(C#N)n2)c1.[Ir]. The molecule has 79 valence electrons. The Morgan fingerprint density at radius 2 is 2.31 bits per heavy atom. The van der Waals surface area contributed by atoms with Crippen LogP contribution in [-0.4, -0.2) is 9.78 Å². The van der Waals surface area contributed by atoms with Crippen molar-refractivity contribution in [2.75, 3.05) is 0 Å². The van der Waals surface area contributed by atoms with Crippen molar-refractivity contribution in [3.63, 3.8) is 0 Å². The quantitative estimate of drug-likeness (QED) is 0.706. The van der Waals surface area contributed by atoms with Crippen LogP contribution in [0.1, 0.15) is 5.69 Å². The maximum atomic E-state index is 8.61. The third-order valence-electron chi connectivity index (χ3n) is 1.85. The van der Waals surface area contributed by atoms with Gasteiger partial charge < -0.3 is 0 Å². The van der Waals surface area contributed by atoms with E-state index in [2.05, 4.69) is 16.0 Å². The first-order chi connectivity index (χ1) is 7.33. The minimum Gasteiger partial charge on any atom is -0.266 e. The van der Waals surface area contributed by atoms with E-state index >= 15 is 0 Å². The summed E-state index contributed by atoms with van der Waals surface area (Å²) in [5.74, 6) is 0. The Morgan fingerprint density at radius 1 is 1.50 bits per heavy atom. The number of benzene rings is 1. The summed E-state index contributed by atoms with van der Waals surface area (Å²) >= 11 is 0. The van der Waals surface area contributed by atoms with Crippen LogP contribution in [0, 0.1) is 24.0 Å². The molecule has 0 amide bonds. The van der Waals surface area contributed by atoms with Crippen molar-refractivity contribution < 1.29 is 20.1 Å². The zero-order valence-electron chi connectivity index (χ0n) is 8.01. The summed E-state index contributed by atoms with van der Waals surface area (Å²) < 4.78 is 1.52. The van der Waals surface area contributed by atoms with Crippen LogP contribution in [0.3, 0.4) is 0 Å². The zero-order chi connectivity index (χ0) is 10.7. The van der Waals surface area contributed by atoms with Crippen LogP contribution in [0.4, 0.5) is 5.69 Å². The summed E-state index contributed by atoms with van der Waals surface area (Å²) in [5.41, 5.74) is 1.53. The molecule has 16 heavy (non-hydrogen) atoms. The van der Waals surface area contributed by atoms with Gasteiger partial charge in [-0.2, -0.15) is 28.6 Å². The van der Waals surface area contributed by atoms with Gasteiger partial charge in [0.1, 0.15) is 6.07 Å². The van der Waals surface area contributed by atoms with E-state index < -0.39 is 0 Å². The molecule has 2 rings (SSSR count). The van der Waals surface area contributed by atoms with Crippen LogP contribution < -0.4 is 0 Å². The second-order valence-corrected chi connectivity index (χ2v) is 2.80. The predicted molar refractivity (Wildman–Crippen MR) is 53.4 cm³/mol. The van der Waals surface area contributed by atoms with E-state index in [1.165, 1.54) is 4.68 Å². The molecular formula is C11H5IrN4-. The topological polar surface area (TPSA) is 46.0 Å². The van der Waals surface area contributed by atoms with E-state index in [0.29, 0.717) is 17.1 Å². The van der Waals surface area contributed by atoms with Crippen LogP contribution in [0.5, 0.6) is 0 Å². The predicted octanol–water partition coefficient (Wildman–Crippen LogP) is 2.09. The second kappa shape index (κ2) is 5.23. The van der Waals surface area contributed by atoms with Crippen LogP contribution in [0.15, 0.2) is 30.5 Å². The maximum Gasteiger partial charge on any atom is 0.162 e. The van der Waals surface area contributed by atoms with Crippen molar-refractivity contribution in [1.82, 2.24) is 9.78 Å². The van der Waals surface area contributed by atoms with Gasteiger partial charge >= 0.3 is 0 Å². The Morgan fingerprint density at radius 3 is 2.94 bits per heavy atom. The molecule has 0 fully saturated rings. The summed E-state index contributed by atoms with van der Waals surface area (Å²) in [6.45, 7) is 6.87. The third-order valence-corrected chi connectivity index (χ3v) is 1.85. The van der Waals surface area contributed by atoms with Crippen molar-refractivity contribution in [3.05, 3.63) is 53.6 Å². The first-order valence-electron chi connectivity index (χ1n) is 4.19. The molecule has 5 heteroatoms. The minimum atomic E-state index is 0. The normalized spacial score (nSPS) is 8.62. The van der Waals surface area contributed by atoms with Crippen molar-refractivity contribution in [2.45, 2.75) is 0 Å². The smallest absolute Gasteiger partial charge is 0.162 e. The standard InChI is InChI=1S/C11H5N4.Ir/c1-13-9-3-2-4-11(7-9)15-6-5-10(8-12)14-15;/h2-3,5-7H;/q-1;. The Hall–Kier alpha value is -1.94. The molecule has 0 saturated heterocycles. The van der Waals surface area contributed by atoms with Crippen molar-refractivity contribution >= 4 is 5.69 Å². The first kappa shape index (κ1) is 12.1. The van der Waals surface area contributed by atoms with Crippen LogP contribution in [0.25, 0.3) is 10.5 Å². The minimum absolute atomic E-state index is 0. The Balaban J connectivity index is 0.00000128. The van der Waals surface area contributed by atoms with E-state index in [0.717, 1.165) is 0 Å². The van der Waals surface area contributed by atoms with E-state index in [9.17, 15) is 0 Å². The van der Waals surface area contributed by atoms with Gasteiger partial charge in [0.05, 0.1) is 12.3 Å². The fourth-order valence-corrected chi connectivity index (χ4v) is 1.16. The molecule has 0 unspecified atom stereocenters. The van der Waals surface area contributed by atoms with Gasteiger partial charge in [0, 0.05) is 26.3 Å². The van der Waals surface area contributed by atoms with E-state index in [1.54, 1.807) is 30.5 Å². The summed E-state index contributed by atoms with van der Waals surface area (Å²) in [5, 5.41) is 12.6. The molecule has 0 bridgehead atoms. The van der Waals surface area contributed by atoms with Gasteiger partial charge in [-0.15, -0.1) is 6.07 Å². The third kappa shape index (κ3) is 2.35. The molecule has 0 saturated carbocycles. The van der Waals surface area contributed by atoms with Gasteiger partial charge in [-0.25, -0.2) is 0 Å². The Kier molecular flexibility index (Phi) is 3.96. The fraction of sp³-hybridized carbons (Fsp3) is 0. The molecule has 1 heterocycles. The zero-order valence-corrected chi connectivity index (χ0v) is 10.4. The molecule has 1 aromatic heterocycles. The van der Waals surface area contributed by atoms with Crippen LogP contribution in [0.2, 0.25) is 0 Å². The van der Waals surface area contributed by atoms with E-state index in [1.807, 2.05) is 6.07 Å². The average Bonchev–Trinajstić information content (AvgIpc) is 2.78. The van der Waals surface area contributed by atoms with Gasteiger partial charge in [0.15, 0.2) is 5.69 Å². The molecule has 2 aromatic rings. The maximum absolute atomic E-state index is 8.61. The fourth-order valence-electron chi connectivity index (χ4n) is 1.16. The molecule has 0 aliphatic carbocycles. The summed E-state index contributed by atoms with van der Waals surface area (Å²) in [6.07, 6.45) is 1.66. The Labute approximate surface area is 106 Å². The van der Waals surface area contributed by atoms with E-state index in [4.69, 9.17) is 11.8 Å². The number of nitriles is 1. The summed E-state index contributed by atoms with van der Waals surface area (Å²) in [6, 6.07) is 11.5. The molecule has 1 radical (unpaired) electrons. The molecule has 0 N–H and O–H groups in total. The number of nitrogens with zero attached hydrogens (tertiary/aromatic N) is 4. The molecule has 0 spiro atoms.